The summed E-state index contributed by atoms with van der Waals surface area (Å²) in [4.78, 5) is 32.6. The minimum atomic E-state index is -0.587. The van der Waals surface area contributed by atoms with E-state index in [1.54, 1.807) is 0 Å². The average molecular weight is 448 g/mol. The van der Waals surface area contributed by atoms with Crippen molar-refractivity contribution < 1.29 is 9.59 Å². The van der Waals surface area contributed by atoms with Gasteiger partial charge in [0.2, 0.25) is 11.8 Å². The third-order valence-corrected chi connectivity index (χ3v) is 6.24. The zero-order valence-electron chi connectivity index (χ0n) is 19.2. The molecule has 0 radical (unpaired) electrons. The first-order chi connectivity index (χ1) is 16.1. The largest absolute Gasteiger partial charge is 0.369 e. The van der Waals surface area contributed by atoms with E-state index in [2.05, 4.69) is 49.7 Å². The Morgan fingerprint density at radius 3 is 2.48 bits per heavy atom. The summed E-state index contributed by atoms with van der Waals surface area (Å²) in [5.41, 5.74) is 3.33. The number of para-hydroxylation sites is 2. The van der Waals surface area contributed by atoms with E-state index in [1.165, 1.54) is 12.6 Å². The van der Waals surface area contributed by atoms with Crippen LogP contribution in [-0.2, 0) is 16.0 Å². The standard InChI is InChI=1S/C26H33N5O2/c1-20(32)29-25(18-21-19-28-24-11-6-5-10-23(21)24)26(33)27-12-7-13-30-14-16-31(17-15-30)22-8-3-2-4-9-22/h2-6,8-11,19,25,28H,7,12-18H2,1H3,(H,27,33)(H,29,32). The lowest BCUT2D eigenvalue weighted by molar-refractivity contribution is -0.128. The van der Waals surface area contributed by atoms with Crippen molar-refractivity contribution in [3.05, 3.63) is 66.4 Å². The number of piperazine rings is 1. The summed E-state index contributed by atoms with van der Waals surface area (Å²) in [7, 11) is 0. The second-order valence-corrected chi connectivity index (χ2v) is 8.63. The predicted octanol–water partition coefficient (Wildman–Crippen LogP) is 2.54. The third-order valence-electron chi connectivity index (χ3n) is 6.24. The Balaban J connectivity index is 1.22. The molecule has 1 saturated heterocycles. The molecule has 2 aromatic carbocycles. The molecule has 3 aromatic rings. The van der Waals surface area contributed by atoms with Gasteiger partial charge in [-0.3, -0.25) is 14.5 Å². The number of carbonyl (C=O) groups excluding carboxylic acids is 2. The molecule has 1 aromatic heterocycles. The monoisotopic (exact) mass is 447 g/mol. The Hall–Kier alpha value is -3.32. The van der Waals surface area contributed by atoms with Crippen molar-refractivity contribution in [1.82, 2.24) is 20.5 Å². The van der Waals surface area contributed by atoms with Crippen molar-refractivity contribution in [2.45, 2.75) is 25.8 Å². The van der Waals surface area contributed by atoms with Gasteiger partial charge in [-0.15, -0.1) is 0 Å². The molecule has 1 unspecified atom stereocenters. The molecule has 0 bridgehead atoms. The van der Waals surface area contributed by atoms with Crippen molar-refractivity contribution in [3.63, 3.8) is 0 Å². The van der Waals surface area contributed by atoms with Crippen LogP contribution in [0.3, 0.4) is 0 Å². The van der Waals surface area contributed by atoms with E-state index in [0.29, 0.717) is 13.0 Å². The van der Waals surface area contributed by atoms with E-state index in [1.807, 2.05) is 36.5 Å². The maximum absolute atomic E-state index is 12.8. The van der Waals surface area contributed by atoms with Crippen LogP contribution in [-0.4, -0.2) is 67.0 Å². The fraction of sp³-hybridized carbons (Fsp3) is 0.385. The number of fused-ring (bicyclic) bond motifs is 1. The number of benzene rings is 2. The SMILES string of the molecule is CC(=O)NC(Cc1c[nH]c2ccccc12)C(=O)NCCCN1CCN(c2ccccc2)CC1. The highest BCUT2D eigenvalue weighted by molar-refractivity contribution is 5.89. The summed E-state index contributed by atoms with van der Waals surface area (Å²) >= 11 is 0. The van der Waals surface area contributed by atoms with Gasteiger partial charge in [-0.25, -0.2) is 0 Å². The molecule has 0 aliphatic carbocycles. The summed E-state index contributed by atoms with van der Waals surface area (Å²) in [5.74, 6) is -0.337. The molecule has 1 aliphatic rings. The molecular weight excluding hydrogens is 414 g/mol. The Kier molecular flexibility index (Phi) is 7.62. The lowest BCUT2D eigenvalue weighted by Gasteiger charge is -2.36. The average Bonchev–Trinajstić information content (AvgIpc) is 3.25. The van der Waals surface area contributed by atoms with Crippen LogP contribution in [0.5, 0.6) is 0 Å². The third kappa shape index (κ3) is 6.14. The van der Waals surface area contributed by atoms with Gasteiger partial charge in [0.25, 0.3) is 0 Å². The topological polar surface area (TPSA) is 80.5 Å². The summed E-state index contributed by atoms with van der Waals surface area (Å²) in [6.07, 6.45) is 3.26. The predicted molar refractivity (Wildman–Crippen MR) is 132 cm³/mol. The quantitative estimate of drug-likeness (QED) is 0.441. The van der Waals surface area contributed by atoms with E-state index in [9.17, 15) is 9.59 Å². The molecule has 33 heavy (non-hydrogen) atoms. The molecular formula is C26H33N5O2. The Morgan fingerprint density at radius 2 is 1.73 bits per heavy atom. The molecule has 174 valence electrons. The van der Waals surface area contributed by atoms with E-state index in [4.69, 9.17) is 0 Å². The number of anilines is 1. The van der Waals surface area contributed by atoms with Gasteiger partial charge >= 0.3 is 0 Å². The second-order valence-electron chi connectivity index (χ2n) is 8.63. The van der Waals surface area contributed by atoms with Crippen molar-refractivity contribution in [2.24, 2.45) is 0 Å². The first-order valence-corrected chi connectivity index (χ1v) is 11.7. The van der Waals surface area contributed by atoms with Crippen LogP contribution in [0.4, 0.5) is 5.69 Å². The number of aromatic amines is 1. The summed E-state index contributed by atoms with van der Waals surface area (Å²) in [5, 5.41) is 6.91. The molecule has 1 atom stereocenters. The number of aromatic nitrogens is 1. The normalized spacial score (nSPS) is 15.4. The first-order valence-electron chi connectivity index (χ1n) is 11.7. The molecule has 4 rings (SSSR count). The number of carbonyl (C=O) groups is 2. The minimum absolute atomic E-state index is 0.135. The van der Waals surface area contributed by atoms with Gasteiger partial charge < -0.3 is 20.5 Å². The second kappa shape index (κ2) is 11.0. The van der Waals surface area contributed by atoms with Crippen LogP contribution in [0, 0.1) is 0 Å². The smallest absolute Gasteiger partial charge is 0.242 e. The first kappa shape index (κ1) is 22.9. The minimum Gasteiger partial charge on any atom is -0.369 e. The van der Waals surface area contributed by atoms with Gasteiger partial charge in [-0.05, 0) is 36.7 Å². The number of amides is 2. The highest BCUT2D eigenvalue weighted by atomic mass is 16.2. The van der Waals surface area contributed by atoms with Crippen LogP contribution in [0.25, 0.3) is 10.9 Å². The summed E-state index contributed by atoms with van der Waals surface area (Å²) < 4.78 is 0. The zero-order chi connectivity index (χ0) is 23.0. The lowest BCUT2D eigenvalue weighted by Crippen LogP contribution is -2.49. The maximum atomic E-state index is 12.8. The molecule has 2 heterocycles. The number of hydrogen-bond acceptors (Lipinski definition) is 4. The molecule has 0 saturated carbocycles. The molecule has 2 amide bonds. The van der Waals surface area contributed by atoms with E-state index in [0.717, 1.165) is 55.6 Å². The highest BCUT2D eigenvalue weighted by Crippen LogP contribution is 2.19. The van der Waals surface area contributed by atoms with Gasteiger partial charge in [0.1, 0.15) is 6.04 Å². The van der Waals surface area contributed by atoms with E-state index < -0.39 is 6.04 Å². The van der Waals surface area contributed by atoms with Gasteiger partial charge in [0.05, 0.1) is 0 Å². The van der Waals surface area contributed by atoms with Gasteiger partial charge in [0, 0.05) is 68.9 Å². The van der Waals surface area contributed by atoms with Crippen LogP contribution in [0.2, 0.25) is 0 Å². The maximum Gasteiger partial charge on any atom is 0.242 e. The van der Waals surface area contributed by atoms with Crippen molar-refractivity contribution >= 4 is 28.4 Å². The fourth-order valence-electron chi connectivity index (χ4n) is 4.48. The zero-order valence-corrected chi connectivity index (χ0v) is 19.2. The van der Waals surface area contributed by atoms with Crippen LogP contribution in [0.1, 0.15) is 18.9 Å². The van der Waals surface area contributed by atoms with Gasteiger partial charge in [-0.1, -0.05) is 36.4 Å². The Morgan fingerprint density at radius 1 is 1.00 bits per heavy atom. The van der Waals surface area contributed by atoms with Crippen molar-refractivity contribution in [3.8, 4) is 0 Å². The van der Waals surface area contributed by atoms with E-state index >= 15 is 0 Å². The molecule has 7 heteroatoms. The number of rotatable bonds is 9. The van der Waals surface area contributed by atoms with Crippen LogP contribution < -0.4 is 15.5 Å². The van der Waals surface area contributed by atoms with Crippen molar-refractivity contribution in [1.29, 1.82) is 0 Å². The van der Waals surface area contributed by atoms with E-state index in [-0.39, 0.29) is 11.8 Å². The molecule has 1 aliphatic heterocycles. The fourth-order valence-corrected chi connectivity index (χ4v) is 4.48. The number of nitrogens with zero attached hydrogens (tertiary/aromatic N) is 2. The van der Waals surface area contributed by atoms with Crippen LogP contribution in [0.15, 0.2) is 60.8 Å². The molecule has 1 fully saturated rings. The number of H-pyrrole nitrogens is 1. The summed E-state index contributed by atoms with van der Waals surface area (Å²) in [6, 6.07) is 17.9. The number of hydrogen-bond donors (Lipinski definition) is 3. The van der Waals surface area contributed by atoms with Gasteiger partial charge in [0.15, 0.2) is 0 Å². The molecule has 7 nitrogen and oxygen atoms in total. The van der Waals surface area contributed by atoms with Gasteiger partial charge in [-0.2, -0.15) is 0 Å². The molecule has 0 spiro atoms. The van der Waals surface area contributed by atoms with Crippen molar-refractivity contribution in [2.75, 3.05) is 44.2 Å². The highest BCUT2D eigenvalue weighted by Gasteiger charge is 2.21. The van der Waals surface area contributed by atoms with Crippen LogP contribution >= 0.6 is 0 Å². The number of nitrogens with one attached hydrogen (secondary N) is 3. The lowest BCUT2D eigenvalue weighted by atomic mass is 10.0. The molecule has 3 N–H and O–H groups in total. The summed E-state index contributed by atoms with van der Waals surface area (Å²) in [6.45, 7) is 7.09. The Labute approximate surface area is 195 Å². The Bertz CT molecular complexity index is 1060.